The molecule has 3 rings (SSSR count). The van der Waals surface area contributed by atoms with E-state index in [0.717, 1.165) is 5.69 Å². The second-order valence-electron chi connectivity index (χ2n) is 5.65. The number of carbonyl (C=O) groups excluding carboxylic acids is 1. The van der Waals surface area contributed by atoms with Crippen LogP contribution in [0, 0.1) is 6.92 Å². The minimum atomic E-state index is -0.152. The van der Waals surface area contributed by atoms with Crippen LogP contribution in [0.5, 0.6) is 5.75 Å². The fraction of sp³-hybridized carbons (Fsp3) is 0.222. The number of aromatic nitrogens is 4. The Morgan fingerprint density at radius 2 is 2.25 bits per heavy atom. The summed E-state index contributed by atoms with van der Waals surface area (Å²) in [5.74, 6) is 1.24. The first-order valence-electron chi connectivity index (χ1n) is 8.32. The van der Waals surface area contributed by atoms with Crippen LogP contribution in [0.1, 0.15) is 11.5 Å². The molecule has 10 heteroatoms. The zero-order valence-corrected chi connectivity index (χ0v) is 17.5. The van der Waals surface area contributed by atoms with Crippen LogP contribution >= 0.6 is 34.7 Å². The number of nitrogens with one attached hydrogen (secondary N) is 1. The molecule has 0 bridgehead atoms. The lowest BCUT2D eigenvalue weighted by Gasteiger charge is -2.10. The molecule has 0 unspecified atom stereocenters. The standard InChI is InChI=1S/C18H18ClN5O2S2/c1-3-8-24-15(9-26-14-7-5-4-6-13(14)19)22-23-18(24)28-11-16(25)21-17-20-12(2)10-27-17/h3-7,10H,1,8-9,11H2,2H3,(H,20,21,25). The summed E-state index contributed by atoms with van der Waals surface area (Å²) in [5, 5.41) is 14.7. The monoisotopic (exact) mass is 435 g/mol. The van der Waals surface area contributed by atoms with Gasteiger partial charge in [0.15, 0.2) is 16.1 Å². The van der Waals surface area contributed by atoms with Gasteiger partial charge in [0.2, 0.25) is 5.91 Å². The Morgan fingerprint density at radius 1 is 1.43 bits per heavy atom. The highest BCUT2D eigenvalue weighted by Gasteiger charge is 2.15. The van der Waals surface area contributed by atoms with E-state index < -0.39 is 0 Å². The Bertz CT molecular complexity index is 973. The van der Waals surface area contributed by atoms with Gasteiger partial charge in [-0.2, -0.15) is 0 Å². The molecule has 0 radical (unpaired) electrons. The molecule has 28 heavy (non-hydrogen) atoms. The third-order valence-corrected chi connectivity index (χ3v) is 5.65. The van der Waals surface area contributed by atoms with Crippen LogP contribution < -0.4 is 10.1 Å². The molecule has 1 amide bonds. The summed E-state index contributed by atoms with van der Waals surface area (Å²) in [6, 6.07) is 7.23. The topological polar surface area (TPSA) is 81.9 Å². The lowest BCUT2D eigenvalue weighted by Crippen LogP contribution is -2.15. The quantitative estimate of drug-likeness (QED) is 0.401. The molecular weight excluding hydrogens is 418 g/mol. The third-order valence-electron chi connectivity index (χ3n) is 3.50. The van der Waals surface area contributed by atoms with Crippen LogP contribution in [0.15, 0.2) is 47.5 Å². The van der Waals surface area contributed by atoms with Crippen molar-refractivity contribution >= 4 is 45.7 Å². The van der Waals surface area contributed by atoms with Gasteiger partial charge < -0.3 is 10.1 Å². The Balaban J connectivity index is 1.62. The minimum Gasteiger partial charge on any atom is -0.484 e. The summed E-state index contributed by atoms with van der Waals surface area (Å²) in [5.41, 5.74) is 0.877. The molecular formula is C18H18ClN5O2S2. The first-order valence-corrected chi connectivity index (χ1v) is 10.6. The average molecular weight is 436 g/mol. The lowest BCUT2D eigenvalue weighted by molar-refractivity contribution is -0.113. The Hall–Kier alpha value is -2.36. The lowest BCUT2D eigenvalue weighted by atomic mass is 10.3. The van der Waals surface area contributed by atoms with Crippen molar-refractivity contribution < 1.29 is 9.53 Å². The molecule has 2 heterocycles. The molecule has 0 fully saturated rings. The first kappa shape index (κ1) is 20.4. The highest BCUT2D eigenvalue weighted by Crippen LogP contribution is 2.25. The number of benzene rings is 1. The molecule has 0 aliphatic rings. The van der Waals surface area contributed by atoms with Crippen molar-refractivity contribution in [3.63, 3.8) is 0 Å². The maximum absolute atomic E-state index is 12.1. The van der Waals surface area contributed by atoms with Gasteiger partial charge in [-0.05, 0) is 19.1 Å². The maximum atomic E-state index is 12.1. The number of hydrogen-bond acceptors (Lipinski definition) is 7. The predicted octanol–water partition coefficient (Wildman–Crippen LogP) is 4.19. The summed E-state index contributed by atoms with van der Waals surface area (Å²) in [6.45, 7) is 6.36. The van der Waals surface area contributed by atoms with E-state index in [4.69, 9.17) is 16.3 Å². The van der Waals surface area contributed by atoms with Crippen molar-refractivity contribution in [2.24, 2.45) is 0 Å². The van der Waals surface area contributed by atoms with Gasteiger partial charge >= 0.3 is 0 Å². The van der Waals surface area contributed by atoms with Crippen molar-refractivity contribution in [2.45, 2.75) is 25.2 Å². The summed E-state index contributed by atoms with van der Waals surface area (Å²) in [7, 11) is 0. The highest BCUT2D eigenvalue weighted by molar-refractivity contribution is 7.99. The largest absolute Gasteiger partial charge is 0.484 e. The summed E-state index contributed by atoms with van der Waals surface area (Å²) < 4.78 is 7.60. The van der Waals surface area contributed by atoms with Crippen molar-refractivity contribution in [1.82, 2.24) is 19.7 Å². The average Bonchev–Trinajstić information content (AvgIpc) is 3.26. The second-order valence-corrected chi connectivity index (χ2v) is 7.86. The van der Waals surface area contributed by atoms with E-state index in [1.165, 1.54) is 23.1 Å². The van der Waals surface area contributed by atoms with Crippen LogP contribution in [0.2, 0.25) is 5.02 Å². The smallest absolute Gasteiger partial charge is 0.236 e. The van der Waals surface area contributed by atoms with E-state index in [-0.39, 0.29) is 18.3 Å². The number of nitrogens with zero attached hydrogens (tertiary/aromatic N) is 4. The zero-order valence-electron chi connectivity index (χ0n) is 15.1. The molecule has 1 N–H and O–H groups in total. The number of halogens is 1. The van der Waals surface area contributed by atoms with Crippen molar-refractivity contribution in [3.05, 3.63) is 58.8 Å². The second kappa shape index (κ2) is 9.72. The van der Waals surface area contributed by atoms with Crippen molar-refractivity contribution in [3.8, 4) is 5.75 Å². The SMILES string of the molecule is C=CCn1c(COc2ccccc2Cl)nnc1SCC(=O)Nc1nc(C)cs1. The predicted molar refractivity (Wildman–Crippen MR) is 112 cm³/mol. The number of carbonyl (C=O) groups is 1. The van der Waals surface area contributed by atoms with Crippen LogP contribution in [0.3, 0.4) is 0 Å². The summed E-state index contributed by atoms with van der Waals surface area (Å²) in [4.78, 5) is 16.4. The van der Waals surface area contributed by atoms with Gasteiger partial charge in [0, 0.05) is 11.9 Å². The molecule has 0 aliphatic heterocycles. The number of hydrogen-bond donors (Lipinski definition) is 1. The van der Waals surface area contributed by atoms with Crippen LogP contribution in [0.4, 0.5) is 5.13 Å². The Kier molecular flexibility index (Phi) is 7.07. The number of allylic oxidation sites excluding steroid dienone is 1. The normalized spacial score (nSPS) is 10.6. The first-order chi connectivity index (χ1) is 13.6. The number of ether oxygens (including phenoxy) is 1. The molecule has 0 atom stereocenters. The van der Waals surface area contributed by atoms with E-state index >= 15 is 0 Å². The molecule has 2 aromatic heterocycles. The van der Waals surface area contributed by atoms with E-state index in [1.807, 2.05) is 29.0 Å². The van der Waals surface area contributed by atoms with Crippen LogP contribution in [-0.2, 0) is 17.9 Å². The molecule has 7 nitrogen and oxygen atoms in total. The van der Waals surface area contributed by atoms with E-state index in [1.54, 1.807) is 18.2 Å². The molecule has 0 spiro atoms. The third kappa shape index (κ3) is 5.34. The van der Waals surface area contributed by atoms with E-state index in [9.17, 15) is 4.79 Å². The van der Waals surface area contributed by atoms with E-state index in [0.29, 0.717) is 33.4 Å². The molecule has 146 valence electrons. The van der Waals surface area contributed by atoms with Crippen molar-refractivity contribution in [1.29, 1.82) is 0 Å². The maximum Gasteiger partial charge on any atom is 0.236 e. The number of para-hydroxylation sites is 1. The molecule has 0 saturated heterocycles. The Morgan fingerprint density at radius 3 is 2.96 bits per heavy atom. The van der Waals surface area contributed by atoms with Gasteiger partial charge in [-0.25, -0.2) is 4.98 Å². The number of anilines is 1. The molecule has 0 saturated carbocycles. The van der Waals surface area contributed by atoms with Gasteiger partial charge in [-0.15, -0.1) is 28.1 Å². The number of rotatable bonds is 9. The number of aryl methyl sites for hydroxylation is 1. The van der Waals surface area contributed by atoms with Crippen LogP contribution in [-0.4, -0.2) is 31.4 Å². The van der Waals surface area contributed by atoms with Gasteiger partial charge in [0.25, 0.3) is 0 Å². The fourth-order valence-corrected chi connectivity index (χ4v) is 3.91. The molecule has 3 aromatic rings. The number of thioether (sulfide) groups is 1. The van der Waals surface area contributed by atoms with Crippen molar-refractivity contribution in [2.75, 3.05) is 11.1 Å². The van der Waals surface area contributed by atoms with Crippen LogP contribution in [0.25, 0.3) is 0 Å². The summed E-state index contributed by atoms with van der Waals surface area (Å²) in [6.07, 6.45) is 1.74. The fourth-order valence-electron chi connectivity index (χ4n) is 2.25. The summed E-state index contributed by atoms with van der Waals surface area (Å²) >= 11 is 8.80. The number of thiazole rings is 1. The highest BCUT2D eigenvalue weighted by atomic mass is 35.5. The van der Waals surface area contributed by atoms with Gasteiger partial charge in [0.1, 0.15) is 12.4 Å². The number of amides is 1. The molecule has 1 aromatic carbocycles. The Labute approximate surface area is 175 Å². The van der Waals surface area contributed by atoms with Gasteiger partial charge in [-0.1, -0.05) is 41.6 Å². The zero-order chi connectivity index (χ0) is 19.9. The molecule has 0 aliphatic carbocycles. The van der Waals surface area contributed by atoms with E-state index in [2.05, 4.69) is 27.1 Å². The van der Waals surface area contributed by atoms with Gasteiger partial charge in [0.05, 0.1) is 16.5 Å². The van der Waals surface area contributed by atoms with Gasteiger partial charge in [-0.3, -0.25) is 9.36 Å². The minimum absolute atomic E-state index is 0.152.